The highest BCUT2D eigenvalue weighted by atomic mass is 16.6. The zero-order valence-corrected chi connectivity index (χ0v) is 14.4. The second kappa shape index (κ2) is 6.71. The van der Waals surface area contributed by atoms with E-state index < -0.39 is 52.8 Å². The predicted molar refractivity (Wildman–Crippen MR) is 88.1 cm³/mol. The van der Waals surface area contributed by atoms with E-state index in [1.54, 1.807) is 0 Å². The molecule has 2 aliphatic heterocycles. The fraction of sp³-hybridized carbons (Fsp3) is 0.471. The summed E-state index contributed by atoms with van der Waals surface area (Å²) in [5, 5.41) is 30.1. The summed E-state index contributed by atoms with van der Waals surface area (Å²) in [4.78, 5) is 48.5. The van der Waals surface area contributed by atoms with E-state index in [1.807, 2.05) is 0 Å². The number of benzene rings is 1. The van der Waals surface area contributed by atoms with Crippen molar-refractivity contribution < 1.29 is 34.3 Å². The van der Waals surface area contributed by atoms with Crippen LogP contribution in [0.15, 0.2) is 24.3 Å². The van der Waals surface area contributed by atoms with E-state index in [-0.39, 0.29) is 18.7 Å². The lowest BCUT2D eigenvalue weighted by Crippen LogP contribution is -2.71. The molecule has 0 bridgehead atoms. The Morgan fingerprint density at radius 2 is 2.04 bits per heavy atom. The molecule has 0 unspecified atom stereocenters. The lowest BCUT2D eigenvalue weighted by Gasteiger charge is -2.49. The van der Waals surface area contributed by atoms with Crippen LogP contribution in [-0.2, 0) is 25.7 Å². The summed E-state index contributed by atoms with van der Waals surface area (Å²) in [6.07, 6.45) is -1.12. The third kappa shape index (κ3) is 2.77. The number of amides is 1. The van der Waals surface area contributed by atoms with Crippen molar-refractivity contribution in [3.8, 4) is 0 Å². The predicted octanol–water partition coefficient (Wildman–Crippen LogP) is -0.450. The van der Waals surface area contributed by atoms with Crippen molar-refractivity contribution in [3.05, 3.63) is 39.9 Å². The molecule has 1 aromatic rings. The number of ether oxygens (including phenoxy) is 1. The van der Waals surface area contributed by atoms with Gasteiger partial charge in [-0.05, 0) is 24.6 Å². The van der Waals surface area contributed by atoms with Gasteiger partial charge in [0, 0.05) is 18.6 Å². The standard InChI is InChI=1S/C17H18N2O8/c1-9(21)14-12-6-13(22)17(8-20,18(12)15(14)23)16(24)27-7-10-2-4-11(5-3-10)19(25)26/h2-5,9,12,14,20-21H,6-8H2,1H3/t9-,12-,14-,17+/m1/s1. The summed E-state index contributed by atoms with van der Waals surface area (Å²) in [6.45, 7) is 0.230. The largest absolute Gasteiger partial charge is 0.459 e. The Labute approximate surface area is 153 Å². The lowest BCUT2D eigenvalue weighted by atomic mass is 9.83. The summed E-state index contributed by atoms with van der Waals surface area (Å²) < 4.78 is 5.13. The van der Waals surface area contributed by atoms with Crippen LogP contribution in [0.3, 0.4) is 0 Å². The van der Waals surface area contributed by atoms with Crippen molar-refractivity contribution in [1.29, 1.82) is 0 Å². The molecule has 0 radical (unpaired) electrons. The van der Waals surface area contributed by atoms with Crippen molar-refractivity contribution in [2.45, 2.75) is 37.6 Å². The van der Waals surface area contributed by atoms with Crippen LogP contribution in [0, 0.1) is 16.0 Å². The molecule has 0 aromatic heterocycles. The molecular weight excluding hydrogens is 360 g/mol. The Bertz CT molecular complexity index is 806. The highest BCUT2D eigenvalue weighted by molar-refractivity contribution is 6.16. The van der Waals surface area contributed by atoms with Gasteiger partial charge in [0.25, 0.3) is 5.69 Å². The fourth-order valence-corrected chi connectivity index (χ4v) is 3.70. The van der Waals surface area contributed by atoms with E-state index in [1.165, 1.54) is 31.2 Å². The Kier molecular flexibility index (Phi) is 4.70. The van der Waals surface area contributed by atoms with Gasteiger partial charge >= 0.3 is 5.97 Å². The first kappa shape index (κ1) is 18.9. The maximum atomic E-state index is 12.6. The highest BCUT2D eigenvalue weighted by Gasteiger charge is 2.69. The van der Waals surface area contributed by atoms with Crippen molar-refractivity contribution in [1.82, 2.24) is 4.90 Å². The summed E-state index contributed by atoms with van der Waals surface area (Å²) >= 11 is 0. The van der Waals surface area contributed by atoms with Crippen LogP contribution in [0.25, 0.3) is 0 Å². The quantitative estimate of drug-likeness (QED) is 0.222. The molecule has 1 aromatic carbocycles. The average molecular weight is 378 g/mol. The number of Topliss-reactive ketones (excluding diaryl/α,β-unsaturated/α-hetero) is 1. The van der Waals surface area contributed by atoms with Crippen LogP contribution >= 0.6 is 0 Å². The summed E-state index contributed by atoms with van der Waals surface area (Å²) in [6, 6.07) is 4.63. The first-order valence-corrected chi connectivity index (χ1v) is 8.30. The number of fused-ring (bicyclic) bond motifs is 1. The summed E-state index contributed by atoms with van der Waals surface area (Å²) in [5.41, 5.74) is -1.78. The number of ketones is 1. The van der Waals surface area contributed by atoms with Crippen LogP contribution in [0.4, 0.5) is 5.69 Å². The van der Waals surface area contributed by atoms with Gasteiger partial charge in [-0.2, -0.15) is 0 Å². The van der Waals surface area contributed by atoms with E-state index in [0.717, 1.165) is 4.90 Å². The average Bonchev–Trinajstić information content (AvgIpc) is 2.88. The summed E-state index contributed by atoms with van der Waals surface area (Å²) in [5.74, 6) is -3.07. The number of carbonyl (C=O) groups is 3. The molecule has 2 heterocycles. The van der Waals surface area contributed by atoms with E-state index in [0.29, 0.717) is 5.56 Å². The van der Waals surface area contributed by atoms with E-state index >= 15 is 0 Å². The minimum absolute atomic E-state index is 0.124. The molecule has 2 N–H and O–H groups in total. The second-order valence-electron chi connectivity index (χ2n) is 6.69. The van der Waals surface area contributed by atoms with Crippen LogP contribution < -0.4 is 0 Å². The van der Waals surface area contributed by atoms with Crippen molar-refractivity contribution >= 4 is 23.3 Å². The van der Waals surface area contributed by atoms with Gasteiger partial charge < -0.3 is 19.8 Å². The van der Waals surface area contributed by atoms with Gasteiger partial charge in [-0.1, -0.05) is 0 Å². The number of β-lactam (4-membered cyclic amide) rings is 1. The molecule has 4 atom stereocenters. The number of esters is 1. The summed E-state index contributed by atoms with van der Waals surface area (Å²) in [7, 11) is 0. The number of carbonyl (C=O) groups excluding carboxylic acids is 3. The SMILES string of the molecule is C[C@@H](O)[C@H]1C(=O)N2[C@@H]1CC(=O)[C@@]2(CO)C(=O)OCc1ccc([N+](=O)[O-])cc1. The lowest BCUT2D eigenvalue weighted by molar-refractivity contribution is -0.384. The molecule has 144 valence electrons. The van der Waals surface area contributed by atoms with Gasteiger partial charge in [0.1, 0.15) is 6.61 Å². The third-order valence-electron chi connectivity index (χ3n) is 5.14. The molecule has 10 nitrogen and oxygen atoms in total. The normalized spacial score (nSPS) is 27.7. The molecule has 2 fully saturated rings. The Morgan fingerprint density at radius 1 is 1.41 bits per heavy atom. The van der Waals surface area contributed by atoms with E-state index in [9.17, 15) is 34.7 Å². The maximum absolute atomic E-state index is 12.6. The number of rotatable bonds is 6. The molecule has 0 saturated carbocycles. The number of hydrogen-bond donors (Lipinski definition) is 2. The first-order chi connectivity index (χ1) is 12.7. The van der Waals surface area contributed by atoms with Crippen LogP contribution in [-0.4, -0.2) is 62.0 Å². The molecule has 3 rings (SSSR count). The minimum Gasteiger partial charge on any atom is -0.459 e. The number of aliphatic hydroxyl groups excluding tert-OH is 2. The van der Waals surface area contributed by atoms with E-state index in [2.05, 4.69) is 0 Å². The van der Waals surface area contributed by atoms with Crippen LogP contribution in [0.1, 0.15) is 18.9 Å². The van der Waals surface area contributed by atoms with Crippen molar-refractivity contribution in [2.75, 3.05) is 6.61 Å². The van der Waals surface area contributed by atoms with Gasteiger partial charge in [-0.15, -0.1) is 0 Å². The third-order valence-corrected chi connectivity index (χ3v) is 5.14. The Morgan fingerprint density at radius 3 is 2.56 bits per heavy atom. The van der Waals surface area contributed by atoms with Gasteiger partial charge in [0.2, 0.25) is 11.4 Å². The number of nitro benzene ring substituents is 1. The molecular formula is C17H18N2O8. The number of nitrogens with zero attached hydrogens (tertiary/aromatic N) is 2. The fourth-order valence-electron chi connectivity index (χ4n) is 3.70. The molecule has 1 amide bonds. The molecule has 2 saturated heterocycles. The zero-order chi connectivity index (χ0) is 19.9. The monoisotopic (exact) mass is 378 g/mol. The van der Waals surface area contributed by atoms with E-state index in [4.69, 9.17) is 4.74 Å². The van der Waals surface area contributed by atoms with Gasteiger partial charge in [-0.25, -0.2) is 4.79 Å². The number of non-ortho nitro benzene ring substituents is 1. The molecule has 0 aliphatic carbocycles. The molecule has 2 aliphatic rings. The molecule has 0 spiro atoms. The number of hydrogen-bond acceptors (Lipinski definition) is 8. The van der Waals surface area contributed by atoms with Crippen molar-refractivity contribution in [2.24, 2.45) is 5.92 Å². The smallest absolute Gasteiger partial charge is 0.342 e. The topological polar surface area (TPSA) is 147 Å². The Balaban J connectivity index is 1.75. The maximum Gasteiger partial charge on any atom is 0.342 e. The van der Waals surface area contributed by atoms with Crippen LogP contribution in [0.5, 0.6) is 0 Å². The molecule has 27 heavy (non-hydrogen) atoms. The molecule has 10 heteroatoms. The van der Waals surface area contributed by atoms with Gasteiger partial charge in [0.15, 0.2) is 5.78 Å². The van der Waals surface area contributed by atoms with Crippen molar-refractivity contribution in [3.63, 3.8) is 0 Å². The van der Waals surface area contributed by atoms with Gasteiger partial charge in [-0.3, -0.25) is 19.7 Å². The number of aliphatic hydroxyl groups is 2. The number of nitro groups is 1. The Hall–Kier alpha value is -2.85. The van der Waals surface area contributed by atoms with Gasteiger partial charge in [0.05, 0.1) is 29.6 Å². The minimum atomic E-state index is -2.10. The first-order valence-electron chi connectivity index (χ1n) is 8.30. The zero-order valence-electron chi connectivity index (χ0n) is 14.4. The van der Waals surface area contributed by atoms with Crippen LogP contribution in [0.2, 0.25) is 0 Å². The highest BCUT2D eigenvalue weighted by Crippen LogP contribution is 2.45. The second-order valence-corrected chi connectivity index (χ2v) is 6.69.